The number of hydrogen-bond donors (Lipinski definition) is 0. The van der Waals surface area contributed by atoms with Gasteiger partial charge in [-0.3, -0.25) is 19.9 Å². The highest BCUT2D eigenvalue weighted by Crippen LogP contribution is 2.42. The van der Waals surface area contributed by atoms with Gasteiger partial charge in [0.25, 0.3) is 0 Å². The first-order valence-electron chi connectivity index (χ1n) is 18.9. The molecule has 0 saturated carbocycles. The fourth-order valence-electron chi connectivity index (χ4n) is 7.80. The Kier molecular flexibility index (Phi) is 7.46. The number of aromatic nitrogens is 14. The van der Waals surface area contributed by atoms with Gasteiger partial charge in [0.2, 0.25) is 11.6 Å². The van der Waals surface area contributed by atoms with Crippen LogP contribution in [0.1, 0.15) is 0 Å². The molecule has 0 atom stereocenters. The first-order chi connectivity index (χ1) is 29.7. The standard InChI is InChI=1S/C46H24N14/c1-5-31(37-33(7-1)47-21-23-49-37)41-55-39(57-45(59-41)43-51-17-3-18-52-43)29-15-11-25-10-14-28-30(16-12-26-9-13-27(29)35(25)36(26)28)40-56-42(60-46(58-40)44-53-19-4-20-54-44)32-6-2-8-34-38(32)50-24-22-48-34/h1-24H. The van der Waals surface area contributed by atoms with Crippen LogP contribution in [0.3, 0.4) is 0 Å². The van der Waals surface area contributed by atoms with E-state index in [1.807, 2.05) is 36.4 Å². The van der Waals surface area contributed by atoms with Crippen molar-refractivity contribution in [2.75, 3.05) is 0 Å². The van der Waals surface area contributed by atoms with Crippen molar-refractivity contribution in [2.45, 2.75) is 0 Å². The maximum absolute atomic E-state index is 5.10. The zero-order chi connectivity index (χ0) is 39.6. The Morgan fingerprint density at radius 3 is 1.08 bits per heavy atom. The molecule has 0 N–H and O–H groups in total. The normalized spacial score (nSPS) is 11.7. The summed E-state index contributed by atoms with van der Waals surface area (Å²) in [7, 11) is 0. The summed E-state index contributed by atoms with van der Waals surface area (Å²) in [5.41, 5.74) is 5.89. The molecule has 60 heavy (non-hydrogen) atoms. The third-order valence-electron chi connectivity index (χ3n) is 10.4. The molecule has 0 fully saturated rings. The predicted molar refractivity (Wildman–Crippen MR) is 227 cm³/mol. The van der Waals surface area contributed by atoms with E-state index in [-0.39, 0.29) is 0 Å². The molecule has 0 saturated heterocycles. The number of nitrogens with zero attached hydrogens (tertiary/aromatic N) is 14. The van der Waals surface area contributed by atoms with Gasteiger partial charge in [-0.2, -0.15) is 0 Å². The topological polar surface area (TPSA) is 180 Å². The van der Waals surface area contributed by atoms with Crippen molar-refractivity contribution in [3.05, 3.63) is 147 Å². The van der Waals surface area contributed by atoms with E-state index in [1.165, 1.54) is 0 Å². The minimum absolute atomic E-state index is 0.338. The highest BCUT2D eigenvalue weighted by molar-refractivity contribution is 6.27. The Balaban J connectivity index is 1.09. The van der Waals surface area contributed by atoms with Crippen molar-refractivity contribution in [3.63, 3.8) is 0 Å². The molecular formula is C46H24N14. The van der Waals surface area contributed by atoms with Crippen LogP contribution in [-0.4, -0.2) is 69.8 Å². The molecule has 0 amide bonds. The van der Waals surface area contributed by atoms with Gasteiger partial charge in [-0.1, -0.05) is 48.5 Å². The number of hydrogen-bond acceptors (Lipinski definition) is 14. The zero-order valence-electron chi connectivity index (χ0n) is 31.1. The minimum Gasteiger partial charge on any atom is -0.253 e. The van der Waals surface area contributed by atoms with Gasteiger partial charge in [-0.25, -0.2) is 49.8 Å². The van der Waals surface area contributed by atoms with Gasteiger partial charge in [0.1, 0.15) is 0 Å². The summed E-state index contributed by atoms with van der Waals surface area (Å²) in [6.45, 7) is 0. The van der Waals surface area contributed by atoms with Crippen molar-refractivity contribution in [2.24, 2.45) is 0 Å². The first-order valence-corrected chi connectivity index (χ1v) is 18.9. The van der Waals surface area contributed by atoms with E-state index in [1.54, 1.807) is 61.7 Å². The van der Waals surface area contributed by atoms with Gasteiger partial charge >= 0.3 is 0 Å². The summed E-state index contributed by atoms with van der Waals surface area (Å²) in [4.78, 5) is 66.2. The Morgan fingerprint density at radius 1 is 0.250 bits per heavy atom. The summed E-state index contributed by atoms with van der Waals surface area (Å²) in [5, 5.41) is 6.12. The molecular weight excluding hydrogens is 749 g/mol. The van der Waals surface area contributed by atoms with Gasteiger partial charge in [-0.15, -0.1) is 0 Å². The third kappa shape index (κ3) is 5.43. The molecule has 6 heterocycles. The predicted octanol–water partition coefficient (Wildman–Crippen LogP) is 8.42. The average Bonchev–Trinajstić information content (AvgIpc) is 3.33. The van der Waals surface area contributed by atoms with Crippen LogP contribution in [0.2, 0.25) is 0 Å². The molecule has 0 unspecified atom stereocenters. The lowest BCUT2D eigenvalue weighted by Gasteiger charge is -2.16. The monoisotopic (exact) mass is 772 g/mol. The van der Waals surface area contributed by atoms with E-state index < -0.39 is 0 Å². The zero-order valence-corrected chi connectivity index (χ0v) is 31.1. The summed E-state index contributed by atoms with van der Waals surface area (Å²) < 4.78 is 0. The molecule has 0 bridgehead atoms. The van der Waals surface area contributed by atoms with Gasteiger partial charge < -0.3 is 0 Å². The lowest BCUT2D eigenvalue weighted by atomic mass is 9.89. The van der Waals surface area contributed by atoms with Gasteiger partial charge in [0.15, 0.2) is 34.9 Å². The number of para-hydroxylation sites is 2. The van der Waals surface area contributed by atoms with Crippen LogP contribution in [0, 0.1) is 0 Å². The quantitative estimate of drug-likeness (QED) is 0.147. The van der Waals surface area contributed by atoms with E-state index in [9.17, 15) is 0 Å². The Morgan fingerprint density at radius 2 is 0.633 bits per heavy atom. The van der Waals surface area contributed by atoms with Crippen LogP contribution in [0.15, 0.2) is 147 Å². The molecule has 12 aromatic rings. The summed E-state index contributed by atoms with van der Waals surface area (Å²) >= 11 is 0. The van der Waals surface area contributed by atoms with Gasteiger partial charge in [0.05, 0.1) is 22.1 Å². The molecule has 12 rings (SSSR count). The highest BCUT2D eigenvalue weighted by Gasteiger charge is 2.22. The van der Waals surface area contributed by atoms with Crippen LogP contribution in [0.25, 0.3) is 123 Å². The SMILES string of the molecule is c1cnc(-c2nc(-c3ccc4ccc5c(-c6nc(-c7ncccn7)nc(-c7cccc8nccnc78)n6)ccc6ccc3c4c65)nc(-c3cccc4nccnc34)n2)nc1. The van der Waals surface area contributed by atoms with Crippen molar-refractivity contribution in [1.82, 2.24) is 69.8 Å². The van der Waals surface area contributed by atoms with Gasteiger partial charge in [-0.05, 0) is 80.8 Å². The van der Waals surface area contributed by atoms with E-state index in [2.05, 4.69) is 88.4 Å². The molecule has 0 aliphatic heterocycles. The fraction of sp³-hybridized carbons (Fsp3) is 0. The second-order valence-corrected chi connectivity index (χ2v) is 13.9. The highest BCUT2D eigenvalue weighted by atomic mass is 15.1. The van der Waals surface area contributed by atoms with Crippen LogP contribution in [0.4, 0.5) is 0 Å². The van der Waals surface area contributed by atoms with Gasteiger partial charge in [0, 0.05) is 71.8 Å². The number of benzene rings is 6. The maximum atomic E-state index is 5.10. The van der Waals surface area contributed by atoms with E-state index in [0.29, 0.717) is 57.6 Å². The molecule has 0 radical (unpaired) electrons. The average molecular weight is 773 g/mol. The van der Waals surface area contributed by atoms with Crippen molar-refractivity contribution >= 4 is 54.4 Å². The molecule has 0 aliphatic rings. The van der Waals surface area contributed by atoms with Crippen LogP contribution >= 0.6 is 0 Å². The van der Waals surface area contributed by atoms with Crippen LogP contribution in [-0.2, 0) is 0 Å². The molecule has 0 spiro atoms. The van der Waals surface area contributed by atoms with Crippen molar-refractivity contribution in [3.8, 4) is 68.8 Å². The number of rotatable bonds is 6. The second kappa shape index (κ2) is 13.4. The van der Waals surface area contributed by atoms with E-state index >= 15 is 0 Å². The van der Waals surface area contributed by atoms with Crippen LogP contribution < -0.4 is 0 Å². The molecule has 14 heteroatoms. The largest absolute Gasteiger partial charge is 0.253 e. The summed E-state index contributed by atoms with van der Waals surface area (Å²) in [6, 6.07) is 31.9. The van der Waals surface area contributed by atoms with Crippen molar-refractivity contribution < 1.29 is 0 Å². The fourth-order valence-corrected chi connectivity index (χ4v) is 7.80. The number of fused-ring (bicyclic) bond motifs is 2. The summed E-state index contributed by atoms with van der Waals surface area (Å²) in [5.74, 6) is 3.23. The third-order valence-corrected chi connectivity index (χ3v) is 10.4. The molecule has 6 aromatic carbocycles. The Labute approximate surface area is 338 Å². The van der Waals surface area contributed by atoms with Crippen molar-refractivity contribution in [1.29, 1.82) is 0 Å². The Hall–Kier alpha value is -8.78. The lowest BCUT2D eigenvalue weighted by Crippen LogP contribution is -2.04. The second-order valence-electron chi connectivity index (χ2n) is 13.9. The minimum atomic E-state index is 0.338. The molecule has 278 valence electrons. The smallest absolute Gasteiger partial charge is 0.201 e. The van der Waals surface area contributed by atoms with Crippen LogP contribution in [0.5, 0.6) is 0 Å². The Bertz CT molecular complexity index is 3370. The molecule has 6 aromatic heterocycles. The molecule has 0 aliphatic carbocycles. The maximum Gasteiger partial charge on any atom is 0.201 e. The van der Waals surface area contributed by atoms with E-state index in [4.69, 9.17) is 29.9 Å². The first kappa shape index (κ1) is 33.4. The summed E-state index contributed by atoms with van der Waals surface area (Å²) in [6.07, 6.45) is 13.3. The van der Waals surface area contributed by atoms with E-state index in [0.717, 1.165) is 65.6 Å². The molecule has 14 nitrogen and oxygen atoms in total. The lowest BCUT2D eigenvalue weighted by molar-refractivity contribution is 1.03.